The molecule has 3 aromatic carbocycles. The summed E-state index contributed by atoms with van der Waals surface area (Å²) in [5, 5.41) is 26.3. The minimum Gasteiger partial charge on any atom is -0.507 e. The number of amides is 1. The number of hydrogen-bond donors (Lipinski definition) is 2. The maximum Gasteiger partial charge on any atom is 0.278 e. The van der Waals surface area contributed by atoms with Crippen molar-refractivity contribution in [3.63, 3.8) is 0 Å². The van der Waals surface area contributed by atoms with Crippen molar-refractivity contribution in [3.8, 4) is 5.75 Å². The van der Waals surface area contributed by atoms with Crippen molar-refractivity contribution >= 4 is 28.6 Å². The van der Waals surface area contributed by atoms with E-state index in [9.17, 15) is 20.0 Å². The topological polar surface area (TPSA) is 105 Å². The number of phenols is 1. The highest BCUT2D eigenvalue weighted by molar-refractivity contribution is 6.01. The summed E-state index contributed by atoms with van der Waals surface area (Å²) in [6, 6.07) is 16.4. The Hall–Kier alpha value is -3.74. The second-order valence-corrected chi connectivity index (χ2v) is 5.23. The third-order valence-corrected chi connectivity index (χ3v) is 3.61. The average Bonchev–Trinajstić information content (AvgIpc) is 2.61. The number of aromatic hydroxyl groups is 1. The van der Waals surface area contributed by atoms with Crippen LogP contribution in [0, 0.1) is 10.1 Å². The first-order valence-electron chi connectivity index (χ1n) is 7.35. The van der Waals surface area contributed by atoms with E-state index in [-0.39, 0.29) is 22.6 Å². The van der Waals surface area contributed by atoms with Crippen molar-refractivity contribution in [2.45, 2.75) is 0 Å². The number of hydrogen-bond acceptors (Lipinski definition) is 5. The molecule has 0 aliphatic heterocycles. The molecule has 7 heteroatoms. The van der Waals surface area contributed by atoms with Gasteiger partial charge in [0.05, 0.1) is 22.3 Å². The molecule has 0 radical (unpaired) electrons. The number of fused-ring (bicyclic) bond motifs is 1. The number of carbonyl (C=O) groups is 1. The zero-order chi connectivity index (χ0) is 17.8. The lowest BCUT2D eigenvalue weighted by molar-refractivity contribution is -0.385. The van der Waals surface area contributed by atoms with E-state index in [1.165, 1.54) is 24.4 Å². The molecule has 0 aromatic heterocycles. The monoisotopic (exact) mass is 335 g/mol. The first-order valence-corrected chi connectivity index (χ1v) is 7.35. The van der Waals surface area contributed by atoms with Gasteiger partial charge in [-0.05, 0) is 29.0 Å². The highest BCUT2D eigenvalue weighted by Crippen LogP contribution is 2.24. The Kier molecular flexibility index (Phi) is 4.38. The predicted octanol–water partition coefficient (Wildman–Crippen LogP) is 3.22. The van der Waals surface area contributed by atoms with Crippen LogP contribution in [0.5, 0.6) is 5.75 Å². The Morgan fingerprint density at radius 1 is 1.08 bits per heavy atom. The molecule has 3 rings (SSSR count). The SMILES string of the molecule is O=C(NN=Cc1ccccc1[N+](=O)[O-])c1cc2ccccc2cc1O. The fourth-order valence-electron chi connectivity index (χ4n) is 2.39. The Morgan fingerprint density at radius 3 is 2.44 bits per heavy atom. The van der Waals surface area contributed by atoms with Crippen LogP contribution >= 0.6 is 0 Å². The summed E-state index contributed by atoms with van der Waals surface area (Å²) in [5.74, 6) is -0.782. The molecule has 1 amide bonds. The lowest BCUT2D eigenvalue weighted by Crippen LogP contribution is -2.17. The molecule has 0 fully saturated rings. The molecule has 124 valence electrons. The summed E-state index contributed by atoms with van der Waals surface area (Å²) in [7, 11) is 0. The fourth-order valence-corrected chi connectivity index (χ4v) is 2.39. The van der Waals surface area contributed by atoms with E-state index in [2.05, 4.69) is 10.5 Å². The molecule has 0 bridgehead atoms. The third kappa shape index (κ3) is 3.45. The lowest BCUT2D eigenvalue weighted by Gasteiger charge is -2.05. The number of nitrogens with zero attached hydrogens (tertiary/aromatic N) is 2. The van der Waals surface area contributed by atoms with Crippen LogP contribution in [-0.2, 0) is 0 Å². The summed E-state index contributed by atoms with van der Waals surface area (Å²) in [6.07, 6.45) is 1.19. The van der Waals surface area contributed by atoms with Crippen LogP contribution in [0.3, 0.4) is 0 Å². The number of rotatable bonds is 4. The van der Waals surface area contributed by atoms with Crippen molar-refractivity contribution < 1.29 is 14.8 Å². The van der Waals surface area contributed by atoms with Crippen LogP contribution in [0.15, 0.2) is 65.8 Å². The van der Waals surface area contributed by atoms with Gasteiger partial charge < -0.3 is 5.11 Å². The number of phenolic OH excluding ortho intramolecular Hbond substituents is 1. The quantitative estimate of drug-likeness (QED) is 0.434. The van der Waals surface area contributed by atoms with Gasteiger partial charge in [-0.3, -0.25) is 14.9 Å². The second-order valence-electron chi connectivity index (χ2n) is 5.23. The van der Waals surface area contributed by atoms with Crippen LogP contribution in [0.1, 0.15) is 15.9 Å². The number of para-hydroxylation sites is 1. The summed E-state index contributed by atoms with van der Waals surface area (Å²) in [6.45, 7) is 0. The Balaban J connectivity index is 1.81. The highest BCUT2D eigenvalue weighted by atomic mass is 16.6. The van der Waals surface area contributed by atoms with Crippen LogP contribution in [-0.4, -0.2) is 22.2 Å². The molecule has 0 atom stereocenters. The minimum atomic E-state index is -0.613. The predicted molar refractivity (Wildman–Crippen MR) is 93.8 cm³/mol. The van der Waals surface area contributed by atoms with Crippen molar-refractivity contribution in [1.82, 2.24) is 5.43 Å². The fraction of sp³-hybridized carbons (Fsp3) is 0. The third-order valence-electron chi connectivity index (χ3n) is 3.61. The summed E-state index contributed by atoms with van der Waals surface area (Å²) >= 11 is 0. The molecule has 0 saturated carbocycles. The van der Waals surface area contributed by atoms with Crippen LogP contribution in [0.2, 0.25) is 0 Å². The lowest BCUT2D eigenvalue weighted by atomic mass is 10.1. The number of carbonyl (C=O) groups excluding carboxylic acids is 1. The van der Waals surface area contributed by atoms with E-state index in [1.807, 2.05) is 24.3 Å². The van der Waals surface area contributed by atoms with Crippen molar-refractivity contribution in [2.24, 2.45) is 5.10 Å². The molecular weight excluding hydrogens is 322 g/mol. The van der Waals surface area contributed by atoms with Gasteiger partial charge in [0.15, 0.2) is 0 Å². The maximum absolute atomic E-state index is 12.2. The van der Waals surface area contributed by atoms with Crippen molar-refractivity contribution in [3.05, 3.63) is 81.9 Å². The zero-order valence-electron chi connectivity index (χ0n) is 12.9. The van der Waals surface area contributed by atoms with E-state index in [4.69, 9.17) is 0 Å². The minimum absolute atomic E-state index is 0.0680. The molecule has 0 saturated heterocycles. The highest BCUT2D eigenvalue weighted by Gasteiger charge is 2.13. The molecule has 0 unspecified atom stereocenters. The number of hydrazone groups is 1. The molecule has 7 nitrogen and oxygen atoms in total. The Bertz CT molecular complexity index is 999. The molecule has 3 aromatic rings. The standard InChI is InChI=1S/C18H13N3O4/c22-17-10-13-6-2-1-5-12(13)9-15(17)18(23)20-19-11-14-7-3-4-8-16(14)21(24)25/h1-11,22H,(H,20,23). The number of nitro groups is 1. The molecule has 2 N–H and O–H groups in total. The van der Waals surface area contributed by atoms with E-state index in [0.29, 0.717) is 0 Å². The van der Waals surface area contributed by atoms with Crippen LogP contribution in [0.4, 0.5) is 5.69 Å². The molecule has 0 aliphatic rings. The van der Waals surface area contributed by atoms with E-state index in [0.717, 1.165) is 10.8 Å². The number of benzene rings is 3. The van der Waals surface area contributed by atoms with Gasteiger partial charge in [0.2, 0.25) is 0 Å². The molecule has 0 aliphatic carbocycles. The largest absolute Gasteiger partial charge is 0.507 e. The van der Waals surface area contributed by atoms with Crippen LogP contribution < -0.4 is 5.43 Å². The van der Waals surface area contributed by atoms with Gasteiger partial charge in [0, 0.05) is 6.07 Å². The van der Waals surface area contributed by atoms with E-state index >= 15 is 0 Å². The van der Waals surface area contributed by atoms with Gasteiger partial charge in [-0.15, -0.1) is 0 Å². The van der Waals surface area contributed by atoms with Gasteiger partial charge >= 0.3 is 0 Å². The average molecular weight is 335 g/mol. The molecular formula is C18H13N3O4. The zero-order valence-corrected chi connectivity index (χ0v) is 12.9. The molecule has 0 spiro atoms. The maximum atomic E-state index is 12.2. The van der Waals surface area contributed by atoms with E-state index in [1.54, 1.807) is 18.2 Å². The smallest absolute Gasteiger partial charge is 0.278 e. The number of nitro benzene ring substituents is 1. The van der Waals surface area contributed by atoms with Gasteiger partial charge in [-0.2, -0.15) is 5.10 Å². The van der Waals surface area contributed by atoms with Gasteiger partial charge in [0.25, 0.3) is 11.6 Å². The Morgan fingerprint density at radius 2 is 1.72 bits per heavy atom. The van der Waals surface area contributed by atoms with Gasteiger partial charge in [-0.25, -0.2) is 5.43 Å². The van der Waals surface area contributed by atoms with Gasteiger partial charge in [0.1, 0.15) is 5.75 Å². The van der Waals surface area contributed by atoms with E-state index < -0.39 is 10.8 Å². The normalized spacial score (nSPS) is 10.9. The first-order chi connectivity index (χ1) is 12.1. The Labute approximate surface area is 142 Å². The van der Waals surface area contributed by atoms with Crippen molar-refractivity contribution in [1.29, 1.82) is 0 Å². The van der Waals surface area contributed by atoms with Crippen molar-refractivity contribution in [2.75, 3.05) is 0 Å². The van der Waals surface area contributed by atoms with Crippen LogP contribution in [0.25, 0.3) is 10.8 Å². The summed E-state index contributed by atoms with van der Waals surface area (Å²) in [5.41, 5.74) is 2.48. The molecule has 25 heavy (non-hydrogen) atoms. The number of nitrogens with one attached hydrogen (secondary N) is 1. The molecule has 0 heterocycles. The van der Waals surface area contributed by atoms with Gasteiger partial charge in [-0.1, -0.05) is 36.4 Å². The second kappa shape index (κ2) is 6.79. The summed E-state index contributed by atoms with van der Waals surface area (Å²) in [4.78, 5) is 22.6. The first kappa shape index (κ1) is 16.1. The summed E-state index contributed by atoms with van der Waals surface area (Å²) < 4.78 is 0.